The first-order valence-electron chi connectivity index (χ1n) is 9.77. The molecule has 0 aliphatic heterocycles. The number of benzene rings is 2. The molecule has 2 aromatic carbocycles. The molecule has 3 aromatic rings. The quantitative estimate of drug-likeness (QED) is 0.482. The minimum atomic E-state index is -5.05. The van der Waals surface area contributed by atoms with Gasteiger partial charge in [0.1, 0.15) is 0 Å². The maximum atomic E-state index is 13.8. The monoisotopic (exact) mass is 487 g/mol. The number of nitrogens with zero attached hydrogens (tertiary/aromatic N) is 2. The Labute approximate surface area is 190 Å². The van der Waals surface area contributed by atoms with Crippen LogP contribution >= 0.6 is 0 Å². The summed E-state index contributed by atoms with van der Waals surface area (Å²) in [4.78, 5) is 12.5. The highest BCUT2D eigenvalue weighted by molar-refractivity contribution is 5.95. The number of carbonyl (C=O) groups excluding carboxylic acids is 1. The fraction of sp³-hybridized carbons (Fsp3) is 0.273. The number of rotatable bonds is 7. The van der Waals surface area contributed by atoms with E-state index in [0.717, 1.165) is 23.8 Å². The standard InChI is InChI=1S/C22H19F6N3O3/c1-33-17-7-6-13(10-18(17)34-2)8-9-29-20(32)16-12-30-31(19(16)22(26,27)28)15-5-3-4-14(11-15)21(23,24)25/h3-7,10-12H,8-9H2,1-2H3,(H,29,32). The van der Waals surface area contributed by atoms with Crippen molar-refractivity contribution in [1.82, 2.24) is 15.1 Å². The molecule has 0 saturated heterocycles. The molecule has 1 N–H and O–H groups in total. The summed E-state index contributed by atoms with van der Waals surface area (Å²) < 4.78 is 90.9. The lowest BCUT2D eigenvalue weighted by molar-refractivity contribution is -0.143. The van der Waals surface area contributed by atoms with Crippen LogP contribution in [0.25, 0.3) is 5.69 Å². The number of methoxy groups -OCH3 is 2. The molecule has 0 saturated carbocycles. The maximum Gasteiger partial charge on any atom is 0.434 e. The van der Waals surface area contributed by atoms with Gasteiger partial charge in [-0.2, -0.15) is 31.4 Å². The first kappa shape index (κ1) is 24.9. The van der Waals surface area contributed by atoms with Crippen molar-refractivity contribution in [1.29, 1.82) is 0 Å². The number of hydrogen-bond acceptors (Lipinski definition) is 4. The van der Waals surface area contributed by atoms with Crippen molar-refractivity contribution in [2.45, 2.75) is 18.8 Å². The van der Waals surface area contributed by atoms with Crippen molar-refractivity contribution in [3.63, 3.8) is 0 Å². The molecule has 0 bridgehead atoms. The second-order valence-corrected chi connectivity index (χ2v) is 7.06. The Balaban J connectivity index is 1.82. The van der Waals surface area contributed by atoms with Crippen LogP contribution in [0.4, 0.5) is 26.3 Å². The number of ether oxygens (including phenoxy) is 2. The molecular formula is C22H19F6N3O3. The summed E-state index contributed by atoms with van der Waals surface area (Å²) >= 11 is 0. The molecule has 0 aliphatic carbocycles. The zero-order valence-electron chi connectivity index (χ0n) is 17.9. The molecule has 0 spiro atoms. The lowest BCUT2D eigenvalue weighted by Crippen LogP contribution is -2.28. The zero-order chi connectivity index (χ0) is 25.1. The molecule has 6 nitrogen and oxygen atoms in total. The van der Waals surface area contributed by atoms with Gasteiger partial charge >= 0.3 is 12.4 Å². The molecule has 34 heavy (non-hydrogen) atoms. The Morgan fingerprint density at radius 1 is 0.971 bits per heavy atom. The molecule has 0 unspecified atom stereocenters. The van der Waals surface area contributed by atoms with Crippen molar-refractivity contribution in [2.24, 2.45) is 0 Å². The lowest BCUT2D eigenvalue weighted by atomic mass is 10.1. The Morgan fingerprint density at radius 2 is 1.68 bits per heavy atom. The van der Waals surface area contributed by atoms with E-state index in [1.165, 1.54) is 14.2 Å². The van der Waals surface area contributed by atoms with Crippen molar-refractivity contribution in [3.8, 4) is 17.2 Å². The fourth-order valence-electron chi connectivity index (χ4n) is 3.25. The van der Waals surface area contributed by atoms with E-state index in [1.54, 1.807) is 18.2 Å². The van der Waals surface area contributed by atoms with Gasteiger partial charge in [-0.3, -0.25) is 4.79 Å². The van der Waals surface area contributed by atoms with E-state index >= 15 is 0 Å². The number of alkyl halides is 6. The van der Waals surface area contributed by atoms with Gasteiger partial charge in [-0.1, -0.05) is 12.1 Å². The normalized spacial score (nSPS) is 11.9. The predicted octanol–water partition coefficient (Wildman–Crippen LogP) is 4.90. The number of halogens is 6. The molecule has 12 heteroatoms. The van der Waals surface area contributed by atoms with Crippen LogP contribution in [0.5, 0.6) is 11.5 Å². The third-order valence-corrected chi connectivity index (χ3v) is 4.85. The average Bonchev–Trinajstić information content (AvgIpc) is 3.24. The Bertz CT molecular complexity index is 1170. The van der Waals surface area contributed by atoms with E-state index in [9.17, 15) is 31.1 Å². The van der Waals surface area contributed by atoms with Crippen molar-refractivity contribution in [2.75, 3.05) is 20.8 Å². The topological polar surface area (TPSA) is 65.4 Å². The maximum absolute atomic E-state index is 13.8. The molecule has 1 aromatic heterocycles. The van der Waals surface area contributed by atoms with Crippen molar-refractivity contribution >= 4 is 5.91 Å². The number of hydrogen-bond donors (Lipinski definition) is 1. The van der Waals surface area contributed by atoms with Crippen LogP contribution in [-0.4, -0.2) is 36.5 Å². The molecule has 1 amide bonds. The number of nitrogens with one attached hydrogen (secondary N) is 1. The summed E-state index contributed by atoms with van der Waals surface area (Å²) in [5.41, 5.74) is -3.18. The Morgan fingerprint density at radius 3 is 2.29 bits per heavy atom. The van der Waals surface area contributed by atoms with Gasteiger partial charge in [-0.15, -0.1) is 0 Å². The van der Waals surface area contributed by atoms with Crippen molar-refractivity contribution < 1.29 is 40.6 Å². The minimum absolute atomic E-state index is 0.0135. The van der Waals surface area contributed by atoms with E-state index in [1.807, 2.05) is 0 Å². The second kappa shape index (κ2) is 9.65. The zero-order valence-corrected chi connectivity index (χ0v) is 17.9. The second-order valence-electron chi connectivity index (χ2n) is 7.06. The van der Waals surface area contributed by atoms with Crippen LogP contribution in [0, 0.1) is 0 Å². The number of amides is 1. The molecule has 0 fully saturated rings. The summed E-state index contributed by atoms with van der Waals surface area (Å²) in [7, 11) is 2.92. The van der Waals surface area contributed by atoms with E-state index in [4.69, 9.17) is 9.47 Å². The van der Waals surface area contributed by atoms with Crippen LogP contribution in [0.1, 0.15) is 27.2 Å². The summed E-state index contributed by atoms with van der Waals surface area (Å²) in [6, 6.07) is 8.27. The van der Waals surface area contributed by atoms with Crippen LogP contribution in [0.3, 0.4) is 0 Å². The van der Waals surface area contributed by atoms with Crippen molar-refractivity contribution in [3.05, 3.63) is 71.0 Å². The van der Waals surface area contributed by atoms with E-state index in [0.29, 0.717) is 23.8 Å². The Kier molecular flexibility index (Phi) is 7.08. The third-order valence-electron chi connectivity index (χ3n) is 4.85. The average molecular weight is 487 g/mol. The summed E-state index contributed by atoms with van der Waals surface area (Å²) in [5, 5.41) is 5.93. The van der Waals surface area contributed by atoms with Crippen LogP contribution in [0.2, 0.25) is 0 Å². The summed E-state index contributed by atoms with van der Waals surface area (Å²) in [6.07, 6.45) is -8.86. The smallest absolute Gasteiger partial charge is 0.434 e. The van der Waals surface area contributed by atoms with Gasteiger partial charge in [0.15, 0.2) is 17.2 Å². The molecular weight excluding hydrogens is 468 g/mol. The third kappa shape index (κ3) is 5.43. The minimum Gasteiger partial charge on any atom is -0.493 e. The van der Waals surface area contributed by atoms with E-state index < -0.39 is 40.8 Å². The van der Waals surface area contributed by atoms with E-state index in [2.05, 4.69) is 10.4 Å². The number of carbonyl (C=O) groups is 1. The highest BCUT2D eigenvalue weighted by atomic mass is 19.4. The first-order chi connectivity index (χ1) is 16.0. The summed E-state index contributed by atoms with van der Waals surface area (Å²) in [5.74, 6) is -0.119. The molecule has 0 atom stereocenters. The largest absolute Gasteiger partial charge is 0.493 e. The Hall–Kier alpha value is -3.70. The highest BCUT2D eigenvalue weighted by Crippen LogP contribution is 2.35. The van der Waals surface area contributed by atoms with Gasteiger partial charge in [0, 0.05) is 6.54 Å². The van der Waals surface area contributed by atoms with Gasteiger partial charge in [-0.25, -0.2) is 4.68 Å². The molecule has 0 radical (unpaired) electrons. The molecule has 1 heterocycles. The predicted molar refractivity (Wildman–Crippen MR) is 109 cm³/mol. The molecule has 182 valence electrons. The number of aromatic nitrogens is 2. The van der Waals surface area contributed by atoms with E-state index in [-0.39, 0.29) is 17.6 Å². The molecule has 3 rings (SSSR count). The van der Waals surface area contributed by atoms with Gasteiger partial charge in [-0.05, 0) is 42.3 Å². The van der Waals surface area contributed by atoms with Gasteiger partial charge < -0.3 is 14.8 Å². The lowest BCUT2D eigenvalue weighted by Gasteiger charge is -2.14. The highest BCUT2D eigenvalue weighted by Gasteiger charge is 2.41. The molecule has 0 aliphatic rings. The van der Waals surface area contributed by atoms with Crippen LogP contribution in [-0.2, 0) is 18.8 Å². The van der Waals surface area contributed by atoms with Crippen LogP contribution in [0.15, 0.2) is 48.7 Å². The fourth-order valence-corrected chi connectivity index (χ4v) is 3.25. The first-order valence-corrected chi connectivity index (χ1v) is 9.77. The summed E-state index contributed by atoms with van der Waals surface area (Å²) in [6.45, 7) is -0.0135. The van der Waals surface area contributed by atoms with Gasteiger partial charge in [0.2, 0.25) is 0 Å². The van der Waals surface area contributed by atoms with Gasteiger partial charge in [0.05, 0.1) is 37.2 Å². The SMILES string of the molecule is COc1ccc(CCNC(=O)c2cnn(-c3cccc(C(F)(F)F)c3)c2C(F)(F)F)cc1OC. The van der Waals surface area contributed by atoms with Gasteiger partial charge in [0.25, 0.3) is 5.91 Å². The van der Waals surface area contributed by atoms with Crippen LogP contribution < -0.4 is 14.8 Å².